The number of aromatic nitrogens is 7. The molecule has 6 rings (SSSR count). The van der Waals surface area contributed by atoms with E-state index in [9.17, 15) is 14.0 Å². The summed E-state index contributed by atoms with van der Waals surface area (Å²) in [6.07, 6.45) is 1.04. The van der Waals surface area contributed by atoms with Gasteiger partial charge in [0.2, 0.25) is 11.8 Å². The molecule has 0 spiro atoms. The molecule has 5 heterocycles. The van der Waals surface area contributed by atoms with Gasteiger partial charge in [-0.3, -0.25) is 4.79 Å². The molecule has 1 unspecified atom stereocenters. The molecule has 0 fully saturated rings. The molecule has 13 heteroatoms. The third-order valence-electron chi connectivity index (χ3n) is 6.11. The van der Waals surface area contributed by atoms with E-state index >= 15 is 0 Å². The van der Waals surface area contributed by atoms with Gasteiger partial charge < -0.3 is 14.7 Å². The zero-order valence-corrected chi connectivity index (χ0v) is 19.8. The molecule has 4 aromatic heterocycles. The van der Waals surface area contributed by atoms with Gasteiger partial charge in [-0.1, -0.05) is 11.6 Å². The normalized spacial score (nSPS) is 14.8. The second-order valence-corrected chi connectivity index (χ2v) is 9.57. The van der Waals surface area contributed by atoms with Gasteiger partial charge in [0.1, 0.15) is 10.7 Å². The fourth-order valence-corrected chi connectivity index (χ4v) is 5.45. The number of rotatable bonds is 5. The number of aromatic amines is 2. The second kappa shape index (κ2) is 8.50. The molecule has 0 radical (unpaired) electrons. The molecule has 0 bridgehead atoms. The average molecular weight is 524 g/mol. The number of aryl methyl sites for hydroxylation is 1. The molecule has 36 heavy (non-hydrogen) atoms. The first-order valence-corrected chi connectivity index (χ1v) is 12.0. The van der Waals surface area contributed by atoms with Gasteiger partial charge in [0, 0.05) is 33.3 Å². The standard InChI is InChI=1S/C23H15ClFN7O3S/c24-12-1-3-14(22-28-30-31-29-22)15(8-12)10-5-13-2-4-16(32(13)18(33)7-10)19-20(25)27-21(26-19)11-6-17(23(34)35)36-9-11/h1,3,5-9,16H,2,4H2,(H,26,27)(H,34,35)(H,28,29,30,31). The summed E-state index contributed by atoms with van der Waals surface area (Å²) in [5, 5.41) is 25.3. The van der Waals surface area contributed by atoms with Gasteiger partial charge in [0.25, 0.3) is 5.56 Å². The van der Waals surface area contributed by atoms with Crippen molar-refractivity contribution in [1.29, 1.82) is 0 Å². The van der Waals surface area contributed by atoms with Crippen molar-refractivity contribution in [2.45, 2.75) is 18.9 Å². The minimum absolute atomic E-state index is 0.125. The summed E-state index contributed by atoms with van der Waals surface area (Å²) in [5.74, 6) is -1.20. The van der Waals surface area contributed by atoms with Crippen molar-refractivity contribution in [3.05, 3.63) is 79.4 Å². The van der Waals surface area contributed by atoms with E-state index in [4.69, 9.17) is 16.7 Å². The number of carboxylic acids is 1. The van der Waals surface area contributed by atoms with Crippen molar-refractivity contribution >= 4 is 28.9 Å². The van der Waals surface area contributed by atoms with Crippen molar-refractivity contribution in [3.8, 4) is 33.9 Å². The van der Waals surface area contributed by atoms with Crippen molar-refractivity contribution in [2.75, 3.05) is 0 Å². The lowest BCUT2D eigenvalue weighted by atomic mass is 9.99. The molecular formula is C23H15ClFN7O3S. The number of halogens is 2. The van der Waals surface area contributed by atoms with E-state index in [2.05, 4.69) is 30.6 Å². The van der Waals surface area contributed by atoms with Gasteiger partial charge in [-0.05, 0) is 59.5 Å². The first-order valence-electron chi connectivity index (χ1n) is 10.8. The highest BCUT2D eigenvalue weighted by atomic mass is 35.5. The lowest BCUT2D eigenvalue weighted by molar-refractivity contribution is 0.0702. The summed E-state index contributed by atoms with van der Waals surface area (Å²) in [6.45, 7) is 0. The smallest absolute Gasteiger partial charge is 0.345 e. The third-order valence-corrected chi connectivity index (χ3v) is 7.27. The first-order chi connectivity index (χ1) is 17.4. The molecular weight excluding hydrogens is 509 g/mol. The Balaban J connectivity index is 1.40. The summed E-state index contributed by atoms with van der Waals surface area (Å²) >= 11 is 7.28. The van der Waals surface area contributed by atoms with E-state index in [0.717, 1.165) is 17.0 Å². The summed E-state index contributed by atoms with van der Waals surface area (Å²) < 4.78 is 16.5. The van der Waals surface area contributed by atoms with Crippen LogP contribution in [0.15, 0.2) is 46.6 Å². The lowest BCUT2D eigenvalue weighted by Gasteiger charge is -2.15. The van der Waals surface area contributed by atoms with Gasteiger partial charge in [-0.15, -0.1) is 21.5 Å². The number of H-pyrrole nitrogens is 2. The maximum atomic E-state index is 14.9. The zero-order chi connectivity index (χ0) is 25.0. The molecule has 0 amide bonds. The Morgan fingerprint density at radius 2 is 2.06 bits per heavy atom. The Morgan fingerprint density at radius 1 is 1.19 bits per heavy atom. The number of carbonyl (C=O) groups is 1. The number of imidazole rings is 1. The van der Waals surface area contributed by atoms with Crippen molar-refractivity contribution in [3.63, 3.8) is 0 Å². The van der Waals surface area contributed by atoms with Crippen molar-refractivity contribution < 1.29 is 14.3 Å². The topological polar surface area (TPSA) is 142 Å². The van der Waals surface area contributed by atoms with E-state index in [0.29, 0.717) is 45.9 Å². The van der Waals surface area contributed by atoms with Crippen LogP contribution in [0.1, 0.15) is 33.5 Å². The van der Waals surface area contributed by atoms with E-state index in [1.165, 1.54) is 12.1 Å². The predicted molar refractivity (Wildman–Crippen MR) is 130 cm³/mol. The molecule has 0 saturated heterocycles. The Kier molecular flexibility index (Phi) is 5.27. The fraction of sp³-hybridized carbons (Fsp3) is 0.130. The first kappa shape index (κ1) is 22.3. The van der Waals surface area contributed by atoms with Crippen LogP contribution < -0.4 is 5.56 Å². The number of fused-ring (bicyclic) bond motifs is 1. The molecule has 5 aromatic rings. The fourth-order valence-electron chi connectivity index (χ4n) is 4.55. The summed E-state index contributed by atoms with van der Waals surface area (Å²) in [4.78, 5) is 31.5. The largest absolute Gasteiger partial charge is 0.477 e. The van der Waals surface area contributed by atoms with Crippen LogP contribution in [-0.4, -0.2) is 46.2 Å². The van der Waals surface area contributed by atoms with Crippen LogP contribution in [0.4, 0.5) is 4.39 Å². The van der Waals surface area contributed by atoms with Crippen LogP contribution in [-0.2, 0) is 6.42 Å². The average Bonchev–Trinajstić information content (AvgIpc) is 3.64. The minimum atomic E-state index is -1.06. The van der Waals surface area contributed by atoms with Crippen molar-refractivity contribution in [2.24, 2.45) is 0 Å². The molecule has 0 saturated carbocycles. The maximum absolute atomic E-state index is 14.9. The molecule has 180 valence electrons. The second-order valence-electron chi connectivity index (χ2n) is 8.22. The molecule has 1 atom stereocenters. The number of carboxylic acid groups (broad SMARTS) is 1. The van der Waals surface area contributed by atoms with Crippen LogP contribution in [0.25, 0.3) is 33.9 Å². The van der Waals surface area contributed by atoms with Crippen LogP contribution >= 0.6 is 22.9 Å². The van der Waals surface area contributed by atoms with E-state index < -0.39 is 18.0 Å². The Hall–Kier alpha value is -4.16. The number of aromatic carboxylic acids is 1. The maximum Gasteiger partial charge on any atom is 0.345 e. The Labute approximate surface area is 210 Å². The Morgan fingerprint density at radius 3 is 2.81 bits per heavy atom. The molecule has 1 aliphatic heterocycles. The molecule has 1 aliphatic rings. The highest BCUT2D eigenvalue weighted by Crippen LogP contribution is 2.37. The van der Waals surface area contributed by atoms with E-state index in [1.807, 2.05) is 6.07 Å². The highest BCUT2D eigenvalue weighted by Gasteiger charge is 2.30. The summed E-state index contributed by atoms with van der Waals surface area (Å²) in [5.41, 5.74) is 3.06. The van der Waals surface area contributed by atoms with Crippen LogP contribution in [0.2, 0.25) is 5.02 Å². The van der Waals surface area contributed by atoms with Gasteiger partial charge in [0.05, 0.1) is 11.7 Å². The summed E-state index contributed by atoms with van der Waals surface area (Å²) in [6, 6.07) is 9.42. The number of hydrogen-bond donors (Lipinski definition) is 3. The molecule has 0 aliphatic carbocycles. The zero-order valence-electron chi connectivity index (χ0n) is 18.2. The minimum Gasteiger partial charge on any atom is -0.477 e. The third kappa shape index (κ3) is 3.71. The van der Waals surface area contributed by atoms with Gasteiger partial charge in [0.15, 0.2) is 0 Å². The molecule has 10 nitrogen and oxygen atoms in total. The van der Waals surface area contributed by atoms with Gasteiger partial charge in [-0.25, -0.2) is 9.78 Å². The van der Waals surface area contributed by atoms with Crippen LogP contribution in [0, 0.1) is 5.95 Å². The number of tetrazole rings is 1. The van der Waals surface area contributed by atoms with E-state index in [-0.39, 0.29) is 22.0 Å². The molecule has 3 N–H and O–H groups in total. The van der Waals surface area contributed by atoms with E-state index in [1.54, 1.807) is 28.1 Å². The van der Waals surface area contributed by atoms with Gasteiger partial charge in [-0.2, -0.15) is 9.60 Å². The number of pyridine rings is 1. The van der Waals surface area contributed by atoms with Crippen LogP contribution in [0.3, 0.4) is 0 Å². The number of hydrogen-bond acceptors (Lipinski definition) is 7. The monoisotopic (exact) mass is 523 g/mol. The number of thiophene rings is 1. The Bertz CT molecular complexity index is 1690. The highest BCUT2D eigenvalue weighted by molar-refractivity contribution is 7.12. The molecule has 1 aromatic carbocycles. The SMILES string of the molecule is O=C(O)c1cc(-c2nc(F)c(C3CCc4cc(-c5cc(Cl)ccc5-c5nn[nH]n5)cc(=O)n43)[nH]2)cs1. The van der Waals surface area contributed by atoms with Crippen LogP contribution in [0.5, 0.6) is 0 Å². The van der Waals surface area contributed by atoms with Crippen molar-refractivity contribution in [1.82, 2.24) is 35.2 Å². The number of nitrogens with zero attached hydrogens (tertiary/aromatic N) is 5. The lowest BCUT2D eigenvalue weighted by Crippen LogP contribution is -2.24. The number of nitrogens with one attached hydrogen (secondary N) is 2. The summed E-state index contributed by atoms with van der Waals surface area (Å²) in [7, 11) is 0. The quantitative estimate of drug-likeness (QED) is 0.313. The van der Waals surface area contributed by atoms with Gasteiger partial charge >= 0.3 is 5.97 Å². The predicted octanol–water partition coefficient (Wildman–Crippen LogP) is 4.17. The number of benzene rings is 1.